The van der Waals surface area contributed by atoms with Crippen molar-refractivity contribution in [2.75, 3.05) is 25.5 Å². The Morgan fingerprint density at radius 2 is 1.94 bits per heavy atom. The second-order valence-corrected chi connectivity index (χ2v) is 8.53. The maximum atomic E-state index is 13.1. The molecule has 1 aliphatic rings. The van der Waals surface area contributed by atoms with Gasteiger partial charge in [-0.05, 0) is 60.8 Å². The van der Waals surface area contributed by atoms with Crippen LogP contribution < -0.4 is 10.1 Å². The summed E-state index contributed by atoms with van der Waals surface area (Å²) in [5.74, 6) is 0.842. The van der Waals surface area contributed by atoms with Gasteiger partial charge in [-0.3, -0.25) is 9.69 Å². The molecule has 166 valence electrons. The highest BCUT2D eigenvalue weighted by Gasteiger charge is 2.26. The Balaban J connectivity index is 1.44. The fraction of sp³-hybridized carbons (Fsp3) is 0.269. The third-order valence-electron chi connectivity index (χ3n) is 5.88. The number of para-hydroxylation sites is 1. The van der Waals surface area contributed by atoms with Gasteiger partial charge in [0.25, 0.3) is 0 Å². The second-order valence-electron chi connectivity index (χ2n) is 8.12. The van der Waals surface area contributed by atoms with Crippen molar-refractivity contribution in [1.82, 2.24) is 4.90 Å². The molecule has 32 heavy (non-hydrogen) atoms. The topological polar surface area (TPSA) is 61.8 Å². The van der Waals surface area contributed by atoms with Crippen LogP contribution >= 0.6 is 11.6 Å². The number of piperidine rings is 1. The first kappa shape index (κ1) is 22.2. The maximum absolute atomic E-state index is 13.1. The average Bonchev–Trinajstić information content (AvgIpc) is 2.82. The van der Waals surface area contributed by atoms with E-state index < -0.39 is 0 Å². The van der Waals surface area contributed by atoms with E-state index in [9.17, 15) is 9.90 Å². The highest BCUT2D eigenvalue weighted by atomic mass is 35.5. The van der Waals surface area contributed by atoms with Crippen molar-refractivity contribution in [2.24, 2.45) is 5.92 Å². The van der Waals surface area contributed by atoms with Crippen LogP contribution in [0.4, 0.5) is 5.69 Å². The zero-order valence-corrected chi connectivity index (χ0v) is 18.8. The molecule has 1 atom stereocenters. The standard InChI is InChI=1S/C26H27ClN2O3/c1-32-21-11-9-19(10-12-21)22-6-2-3-7-24(22)28-26(31)20-5-4-14-29(17-20)16-18-8-13-25(30)23(27)15-18/h2-3,6-13,15,20,30H,4-5,14,16-17H2,1H3,(H,28,31)/t20-/m1/s1. The van der Waals surface area contributed by atoms with Crippen LogP contribution in [0.1, 0.15) is 18.4 Å². The molecule has 0 radical (unpaired) electrons. The third-order valence-corrected chi connectivity index (χ3v) is 6.18. The number of likely N-dealkylation sites (tertiary alicyclic amines) is 1. The van der Waals surface area contributed by atoms with E-state index in [-0.39, 0.29) is 17.6 Å². The van der Waals surface area contributed by atoms with Crippen molar-refractivity contribution >= 4 is 23.2 Å². The minimum atomic E-state index is -0.0831. The van der Waals surface area contributed by atoms with Crippen molar-refractivity contribution in [3.05, 3.63) is 77.3 Å². The van der Waals surface area contributed by atoms with Gasteiger partial charge in [0.2, 0.25) is 5.91 Å². The van der Waals surface area contributed by atoms with Crippen LogP contribution in [0.2, 0.25) is 5.02 Å². The molecule has 5 nitrogen and oxygen atoms in total. The number of ether oxygens (including phenoxy) is 1. The first-order valence-electron chi connectivity index (χ1n) is 10.8. The number of nitrogens with zero attached hydrogens (tertiary/aromatic N) is 1. The number of benzene rings is 3. The Labute approximate surface area is 193 Å². The second kappa shape index (κ2) is 10.1. The first-order valence-corrected chi connectivity index (χ1v) is 11.2. The molecule has 3 aromatic carbocycles. The quantitative estimate of drug-likeness (QED) is 0.515. The van der Waals surface area contributed by atoms with Gasteiger partial charge in [-0.1, -0.05) is 48.0 Å². The normalized spacial score (nSPS) is 16.5. The van der Waals surface area contributed by atoms with Gasteiger partial charge in [-0.15, -0.1) is 0 Å². The number of nitrogens with one attached hydrogen (secondary N) is 1. The zero-order chi connectivity index (χ0) is 22.5. The predicted molar refractivity (Wildman–Crippen MR) is 128 cm³/mol. The van der Waals surface area contributed by atoms with Crippen molar-refractivity contribution in [3.8, 4) is 22.6 Å². The average molecular weight is 451 g/mol. The number of phenolic OH excluding ortho intramolecular Hbond substituents is 1. The van der Waals surface area contributed by atoms with E-state index in [4.69, 9.17) is 16.3 Å². The van der Waals surface area contributed by atoms with Crippen LogP contribution in [0.3, 0.4) is 0 Å². The number of methoxy groups -OCH3 is 1. The third kappa shape index (κ3) is 5.23. The van der Waals surface area contributed by atoms with Crippen molar-refractivity contribution < 1.29 is 14.6 Å². The summed E-state index contributed by atoms with van der Waals surface area (Å²) in [7, 11) is 1.65. The lowest BCUT2D eigenvalue weighted by Crippen LogP contribution is -2.40. The van der Waals surface area contributed by atoms with Crippen molar-refractivity contribution in [3.63, 3.8) is 0 Å². The Kier molecular flexibility index (Phi) is 6.98. The minimum absolute atomic E-state index is 0.0411. The van der Waals surface area contributed by atoms with E-state index in [0.29, 0.717) is 18.1 Å². The van der Waals surface area contributed by atoms with Crippen LogP contribution in [0.15, 0.2) is 66.7 Å². The number of aromatic hydroxyl groups is 1. The van der Waals surface area contributed by atoms with E-state index >= 15 is 0 Å². The molecule has 0 unspecified atom stereocenters. The molecule has 0 spiro atoms. The van der Waals surface area contributed by atoms with Gasteiger partial charge >= 0.3 is 0 Å². The maximum Gasteiger partial charge on any atom is 0.228 e. The van der Waals surface area contributed by atoms with Gasteiger partial charge in [-0.25, -0.2) is 0 Å². The number of amides is 1. The molecule has 1 saturated heterocycles. The van der Waals surface area contributed by atoms with Gasteiger partial charge in [0.1, 0.15) is 11.5 Å². The molecule has 2 N–H and O–H groups in total. The van der Waals surface area contributed by atoms with Gasteiger partial charge in [0, 0.05) is 24.3 Å². The Hall–Kier alpha value is -3.02. The lowest BCUT2D eigenvalue weighted by atomic mass is 9.96. The molecule has 0 aliphatic carbocycles. The number of hydrogen-bond donors (Lipinski definition) is 2. The Morgan fingerprint density at radius 1 is 1.16 bits per heavy atom. The molecule has 6 heteroatoms. The molecule has 1 amide bonds. The minimum Gasteiger partial charge on any atom is -0.506 e. The van der Waals surface area contributed by atoms with Gasteiger partial charge in [-0.2, -0.15) is 0 Å². The lowest BCUT2D eigenvalue weighted by Gasteiger charge is -2.32. The number of phenols is 1. The predicted octanol–water partition coefficient (Wildman–Crippen LogP) is 5.57. The highest BCUT2D eigenvalue weighted by Crippen LogP contribution is 2.31. The first-order chi connectivity index (χ1) is 15.5. The van der Waals surface area contributed by atoms with Gasteiger partial charge < -0.3 is 15.2 Å². The molecule has 4 rings (SSSR count). The van der Waals surface area contributed by atoms with Crippen molar-refractivity contribution in [1.29, 1.82) is 0 Å². The fourth-order valence-electron chi connectivity index (χ4n) is 4.17. The van der Waals surface area contributed by atoms with E-state index in [1.54, 1.807) is 19.2 Å². The molecule has 0 aromatic heterocycles. The molecule has 1 fully saturated rings. The van der Waals surface area contributed by atoms with E-state index in [1.807, 2.05) is 54.6 Å². The number of carbonyl (C=O) groups is 1. The number of anilines is 1. The number of halogens is 1. The largest absolute Gasteiger partial charge is 0.506 e. The summed E-state index contributed by atoms with van der Waals surface area (Å²) in [5.41, 5.74) is 3.84. The molecular weight excluding hydrogens is 424 g/mol. The molecule has 0 saturated carbocycles. The molecule has 0 bridgehead atoms. The summed E-state index contributed by atoms with van der Waals surface area (Å²) in [6.45, 7) is 2.33. The summed E-state index contributed by atoms with van der Waals surface area (Å²) in [5, 5.41) is 13.1. The molecule has 1 aliphatic heterocycles. The van der Waals surface area contributed by atoms with E-state index in [1.165, 1.54) is 0 Å². The summed E-state index contributed by atoms with van der Waals surface area (Å²) >= 11 is 6.04. The molecule has 1 heterocycles. The van der Waals surface area contributed by atoms with E-state index in [0.717, 1.165) is 47.5 Å². The molecule has 3 aromatic rings. The number of hydrogen-bond acceptors (Lipinski definition) is 4. The zero-order valence-electron chi connectivity index (χ0n) is 18.1. The van der Waals surface area contributed by atoms with Crippen LogP contribution in [-0.2, 0) is 11.3 Å². The Morgan fingerprint density at radius 3 is 2.69 bits per heavy atom. The Bertz CT molecular complexity index is 1080. The summed E-state index contributed by atoms with van der Waals surface area (Å²) in [4.78, 5) is 15.4. The van der Waals surface area contributed by atoms with Crippen LogP contribution in [0, 0.1) is 5.92 Å². The van der Waals surface area contributed by atoms with E-state index in [2.05, 4.69) is 10.2 Å². The van der Waals surface area contributed by atoms with Crippen LogP contribution in [-0.4, -0.2) is 36.1 Å². The summed E-state index contributed by atoms with van der Waals surface area (Å²) in [6, 6.07) is 21.0. The SMILES string of the molecule is COc1ccc(-c2ccccc2NC(=O)[C@@H]2CCCN(Cc3ccc(O)c(Cl)c3)C2)cc1. The number of rotatable bonds is 6. The monoisotopic (exact) mass is 450 g/mol. The highest BCUT2D eigenvalue weighted by molar-refractivity contribution is 6.32. The lowest BCUT2D eigenvalue weighted by molar-refractivity contribution is -0.121. The summed E-state index contributed by atoms with van der Waals surface area (Å²) in [6.07, 6.45) is 1.83. The molecular formula is C26H27ClN2O3. The smallest absolute Gasteiger partial charge is 0.228 e. The van der Waals surface area contributed by atoms with Crippen LogP contribution in [0.5, 0.6) is 11.5 Å². The fourth-order valence-corrected chi connectivity index (χ4v) is 4.37. The van der Waals surface area contributed by atoms with Gasteiger partial charge in [0.15, 0.2) is 0 Å². The summed E-state index contributed by atoms with van der Waals surface area (Å²) < 4.78 is 5.25. The van der Waals surface area contributed by atoms with Crippen molar-refractivity contribution in [2.45, 2.75) is 19.4 Å². The van der Waals surface area contributed by atoms with Gasteiger partial charge in [0.05, 0.1) is 18.1 Å². The number of carbonyl (C=O) groups excluding carboxylic acids is 1. The van der Waals surface area contributed by atoms with Crippen LogP contribution in [0.25, 0.3) is 11.1 Å².